The molecule has 0 aromatic heterocycles. The normalized spacial score (nSPS) is 8.61. The van der Waals surface area contributed by atoms with Crippen LogP contribution in [-0.2, 0) is 0 Å². The van der Waals surface area contributed by atoms with Crippen molar-refractivity contribution in [3.63, 3.8) is 0 Å². The average Bonchev–Trinajstić information content (AvgIpc) is 2.17. The van der Waals surface area contributed by atoms with E-state index in [1.807, 2.05) is 0 Å². The molecule has 2 aromatic rings. The number of halogens is 2. The van der Waals surface area contributed by atoms with Gasteiger partial charge in [-0.2, -0.15) is 0 Å². The minimum absolute atomic E-state index is 0. The Labute approximate surface area is 147 Å². The number of hydrogen-bond acceptors (Lipinski definition) is 0. The predicted molar refractivity (Wildman–Crippen MR) is 71.8 cm³/mol. The Bertz CT molecular complexity index is 458. The number of benzene rings is 2. The van der Waals surface area contributed by atoms with Gasteiger partial charge in [-0.15, -0.1) is 0 Å². The summed E-state index contributed by atoms with van der Waals surface area (Å²) in [7, 11) is 0. The Morgan fingerprint density at radius 3 is 1.61 bits per heavy atom. The minimum atomic E-state index is 0. The van der Waals surface area contributed by atoms with Crippen molar-refractivity contribution in [2.24, 2.45) is 0 Å². The third-order valence-corrected chi connectivity index (χ3v) is 2.74. The molecule has 92 valence electrons. The van der Waals surface area contributed by atoms with Crippen LogP contribution in [0.5, 0.6) is 0 Å². The summed E-state index contributed by atoms with van der Waals surface area (Å²) in [6.07, 6.45) is 0. The fraction of sp³-hybridized carbons (Fsp3) is 0.200. The Morgan fingerprint density at radius 1 is 0.722 bits per heavy atom. The molecule has 0 spiro atoms. The molecule has 0 aliphatic carbocycles. The van der Waals surface area contributed by atoms with E-state index < -0.39 is 0 Å². The molecule has 0 aliphatic rings. The van der Waals surface area contributed by atoms with Crippen LogP contribution in [-0.4, -0.2) is 23.1 Å². The van der Waals surface area contributed by atoms with Crippen LogP contribution in [0.2, 0.25) is 0 Å². The Hall–Kier alpha value is 0.166. The van der Waals surface area contributed by atoms with Crippen LogP contribution < -0.4 is 34.0 Å². The second-order valence-electron chi connectivity index (χ2n) is 4.14. The van der Waals surface area contributed by atoms with Crippen LogP contribution in [0.1, 0.15) is 16.7 Å². The van der Waals surface area contributed by atoms with E-state index >= 15 is 0 Å². The number of rotatable bonds is 1. The van der Waals surface area contributed by atoms with Crippen molar-refractivity contribution in [3.8, 4) is 11.1 Å². The molecule has 0 heterocycles. The molecule has 2 aromatic carbocycles. The summed E-state index contributed by atoms with van der Waals surface area (Å²) in [4.78, 5) is 0. The molecule has 0 saturated carbocycles. The largest absolute Gasteiger partial charge is 2.00 e. The molecule has 0 fully saturated rings. The molecule has 0 bridgehead atoms. The van der Waals surface area contributed by atoms with Crippen LogP contribution in [0.3, 0.4) is 0 Å². The van der Waals surface area contributed by atoms with E-state index in [9.17, 15) is 0 Å². The molecule has 0 radical (unpaired) electrons. The van der Waals surface area contributed by atoms with Gasteiger partial charge in [0.15, 0.2) is 0 Å². The van der Waals surface area contributed by atoms with E-state index in [1.54, 1.807) is 0 Å². The van der Waals surface area contributed by atoms with Gasteiger partial charge in [0.05, 0.1) is 0 Å². The maximum atomic E-state index is 2.25. The molecule has 18 heavy (non-hydrogen) atoms. The second-order valence-corrected chi connectivity index (χ2v) is 4.14. The van der Waals surface area contributed by atoms with Crippen molar-refractivity contribution < 1.29 is 34.0 Å². The first-order chi connectivity index (χ1) is 7.18. The van der Waals surface area contributed by atoms with Gasteiger partial charge in [-0.05, 0) is 43.0 Å². The summed E-state index contributed by atoms with van der Waals surface area (Å²) in [5.41, 5.74) is 6.75. The van der Waals surface area contributed by atoms with E-state index in [0.29, 0.717) is 0 Å². The SMILES string of the molecule is Cc1cc(C)c(-c2ccccc2)c(C)c1.[Br-].[Br-].[Mg+2]. The van der Waals surface area contributed by atoms with Gasteiger partial charge in [0.25, 0.3) is 0 Å². The standard InChI is InChI=1S/C15H16.2BrH.Mg/c1-11-9-12(2)15(13(3)10-11)14-7-5-4-6-8-14;;;/h4-10H,1-3H3;2*1H;/q;;;+2/p-2. The van der Waals surface area contributed by atoms with Crippen molar-refractivity contribution in [2.45, 2.75) is 20.8 Å². The van der Waals surface area contributed by atoms with Gasteiger partial charge in [0.2, 0.25) is 0 Å². The molecule has 2 rings (SSSR count). The molecule has 0 aliphatic heterocycles. The third kappa shape index (κ3) is 4.69. The van der Waals surface area contributed by atoms with Gasteiger partial charge in [0.1, 0.15) is 0 Å². The first kappa shape index (κ1) is 20.5. The predicted octanol–water partition coefficient (Wildman–Crippen LogP) is -2.09. The fourth-order valence-electron chi connectivity index (χ4n) is 2.24. The quantitative estimate of drug-likeness (QED) is 0.498. The van der Waals surface area contributed by atoms with E-state index in [2.05, 4.69) is 63.2 Å². The van der Waals surface area contributed by atoms with Crippen molar-refractivity contribution in [3.05, 3.63) is 59.2 Å². The zero-order valence-electron chi connectivity index (χ0n) is 11.0. The zero-order valence-corrected chi connectivity index (χ0v) is 15.6. The average molecular weight is 380 g/mol. The van der Waals surface area contributed by atoms with Crippen molar-refractivity contribution in [1.82, 2.24) is 0 Å². The number of aryl methyl sites for hydroxylation is 3. The monoisotopic (exact) mass is 378 g/mol. The maximum Gasteiger partial charge on any atom is 2.00 e. The summed E-state index contributed by atoms with van der Waals surface area (Å²) >= 11 is 0. The molecule has 0 saturated heterocycles. The first-order valence-electron chi connectivity index (χ1n) is 5.32. The Morgan fingerprint density at radius 2 is 1.17 bits per heavy atom. The van der Waals surface area contributed by atoms with E-state index in [-0.39, 0.29) is 57.0 Å². The van der Waals surface area contributed by atoms with Crippen molar-refractivity contribution in [2.75, 3.05) is 0 Å². The Balaban J connectivity index is 0. The van der Waals surface area contributed by atoms with E-state index in [4.69, 9.17) is 0 Å². The van der Waals surface area contributed by atoms with Gasteiger partial charge >= 0.3 is 23.1 Å². The topological polar surface area (TPSA) is 0 Å². The van der Waals surface area contributed by atoms with Crippen molar-refractivity contribution in [1.29, 1.82) is 0 Å². The molecular weight excluding hydrogens is 364 g/mol. The van der Waals surface area contributed by atoms with Crippen molar-refractivity contribution >= 4 is 23.1 Å². The van der Waals surface area contributed by atoms with Crippen LogP contribution >= 0.6 is 0 Å². The first-order valence-corrected chi connectivity index (χ1v) is 5.32. The van der Waals surface area contributed by atoms with Gasteiger partial charge in [0, 0.05) is 0 Å². The molecule has 3 heteroatoms. The summed E-state index contributed by atoms with van der Waals surface area (Å²) in [6.45, 7) is 6.51. The van der Waals surface area contributed by atoms with Gasteiger partial charge in [-0.1, -0.05) is 48.0 Å². The van der Waals surface area contributed by atoms with Crippen LogP contribution in [0.25, 0.3) is 11.1 Å². The fourth-order valence-corrected chi connectivity index (χ4v) is 2.24. The van der Waals surface area contributed by atoms with E-state index in [1.165, 1.54) is 27.8 Å². The molecule has 0 nitrogen and oxygen atoms in total. The third-order valence-electron chi connectivity index (χ3n) is 2.74. The van der Waals surface area contributed by atoms with Crippen LogP contribution in [0.4, 0.5) is 0 Å². The molecule has 0 N–H and O–H groups in total. The maximum absolute atomic E-state index is 2.25. The van der Waals surface area contributed by atoms with E-state index in [0.717, 1.165) is 0 Å². The van der Waals surface area contributed by atoms with Gasteiger partial charge < -0.3 is 34.0 Å². The smallest absolute Gasteiger partial charge is 1.00 e. The molecule has 0 atom stereocenters. The molecular formula is C15H16Br2Mg. The molecule has 0 amide bonds. The summed E-state index contributed by atoms with van der Waals surface area (Å²) < 4.78 is 0. The summed E-state index contributed by atoms with van der Waals surface area (Å²) in [5.74, 6) is 0. The summed E-state index contributed by atoms with van der Waals surface area (Å²) in [5, 5.41) is 0. The molecule has 0 unspecified atom stereocenters. The summed E-state index contributed by atoms with van der Waals surface area (Å²) in [6, 6.07) is 15.1. The second kappa shape index (κ2) is 9.13. The number of hydrogen-bond donors (Lipinski definition) is 0. The minimum Gasteiger partial charge on any atom is -1.00 e. The van der Waals surface area contributed by atoms with Crippen LogP contribution in [0.15, 0.2) is 42.5 Å². The van der Waals surface area contributed by atoms with Gasteiger partial charge in [-0.25, -0.2) is 0 Å². The van der Waals surface area contributed by atoms with Crippen LogP contribution in [0, 0.1) is 20.8 Å². The van der Waals surface area contributed by atoms with Gasteiger partial charge in [-0.3, -0.25) is 0 Å². The zero-order chi connectivity index (χ0) is 10.8. The Kier molecular flexibility index (Phi) is 10.4.